The van der Waals surface area contributed by atoms with Gasteiger partial charge < -0.3 is 5.32 Å². The number of H-pyrrole nitrogens is 1. The first-order valence-corrected chi connectivity index (χ1v) is 6.87. The summed E-state index contributed by atoms with van der Waals surface area (Å²) in [6, 6.07) is 10.4. The van der Waals surface area contributed by atoms with Gasteiger partial charge >= 0.3 is 0 Å². The predicted octanol–water partition coefficient (Wildman–Crippen LogP) is 4.45. The minimum absolute atomic E-state index is 0.242. The van der Waals surface area contributed by atoms with Gasteiger partial charge in [0.1, 0.15) is 0 Å². The molecule has 1 unspecified atom stereocenters. The van der Waals surface area contributed by atoms with Crippen molar-refractivity contribution in [2.24, 2.45) is 0 Å². The Hall–Kier alpha value is -1.52. The minimum atomic E-state index is 0.242. The summed E-state index contributed by atoms with van der Waals surface area (Å²) in [5.41, 5.74) is 2.13. The van der Waals surface area contributed by atoms with E-state index in [0.717, 1.165) is 20.9 Å². The highest BCUT2D eigenvalue weighted by atomic mass is 35.5. The summed E-state index contributed by atoms with van der Waals surface area (Å²) >= 11 is 7.55. The Kier molecular flexibility index (Phi) is 2.97. The van der Waals surface area contributed by atoms with E-state index in [9.17, 15) is 0 Å². The first kappa shape index (κ1) is 11.6. The molecule has 0 spiro atoms. The molecule has 3 nitrogen and oxygen atoms in total. The predicted molar refractivity (Wildman–Crippen MR) is 77.5 cm³/mol. The Morgan fingerprint density at radius 2 is 2.22 bits per heavy atom. The molecule has 0 aliphatic heterocycles. The van der Waals surface area contributed by atoms with E-state index in [0.29, 0.717) is 0 Å². The van der Waals surface area contributed by atoms with Crippen LogP contribution in [0.2, 0.25) is 4.34 Å². The molecular formula is C13H12ClN3S. The second kappa shape index (κ2) is 4.63. The SMILES string of the molecule is CC(Nc1ccc2[nH]ncc2c1)c1ccc(Cl)s1. The molecule has 2 heterocycles. The first-order chi connectivity index (χ1) is 8.72. The number of nitrogens with zero attached hydrogens (tertiary/aromatic N) is 1. The molecule has 0 aliphatic carbocycles. The fraction of sp³-hybridized carbons (Fsp3) is 0.154. The molecule has 1 aromatic carbocycles. The highest BCUT2D eigenvalue weighted by Crippen LogP contribution is 2.29. The van der Waals surface area contributed by atoms with Gasteiger partial charge in [0.15, 0.2) is 0 Å². The standard InChI is InChI=1S/C13H12ClN3S/c1-8(12-4-5-13(14)18-12)16-10-2-3-11-9(6-10)7-15-17-11/h2-8,16H,1H3,(H,15,17). The summed E-state index contributed by atoms with van der Waals surface area (Å²) in [7, 11) is 0. The van der Waals surface area contributed by atoms with Crippen molar-refractivity contribution >= 4 is 39.5 Å². The van der Waals surface area contributed by atoms with Crippen LogP contribution in [0, 0.1) is 0 Å². The second-order valence-electron chi connectivity index (χ2n) is 4.18. The molecular weight excluding hydrogens is 266 g/mol. The van der Waals surface area contributed by atoms with Crippen LogP contribution in [-0.4, -0.2) is 10.2 Å². The van der Waals surface area contributed by atoms with Crippen LogP contribution in [0.4, 0.5) is 5.69 Å². The van der Waals surface area contributed by atoms with Crippen LogP contribution in [-0.2, 0) is 0 Å². The smallest absolute Gasteiger partial charge is 0.0932 e. The van der Waals surface area contributed by atoms with Gasteiger partial charge in [-0.05, 0) is 37.3 Å². The lowest BCUT2D eigenvalue weighted by atomic mass is 10.2. The van der Waals surface area contributed by atoms with E-state index in [-0.39, 0.29) is 6.04 Å². The van der Waals surface area contributed by atoms with Crippen LogP contribution in [0.1, 0.15) is 17.8 Å². The lowest BCUT2D eigenvalue weighted by Crippen LogP contribution is -2.04. The van der Waals surface area contributed by atoms with E-state index >= 15 is 0 Å². The molecule has 3 aromatic rings. The monoisotopic (exact) mass is 277 g/mol. The summed E-state index contributed by atoms with van der Waals surface area (Å²) in [5, 5.41) is 11.5. The zero-order valence-corrected chi connectivity index (χ0v) is 11.3. The molecule has 0 amide bonds. The number of fused-ring (bicyclic) bond motifs is 1. The number of hydrogen-bond donors (Lipinski definition) is 2. The van der Waals surface area contributed by atoms with Crippen molar-refractivity contribution in [1.29, 1.82) is 0 Å². The molecule has 0 radical (unpaired) electrons. The maximum atomic E-state index is 5.95. The number of anilines is 1. The van der Waals surface area contributed by atoms with Crippen molar-refractivity contribution in [1.82, 2.24) is 10.2 Å². The van der Waals surface area contributed by atoms with Gasteiger partial charge in [-0.2, -0.15) is 5.10 Å². The van der Waals surface area contributed by atoms with Crippen LogP contribution in [0.15, 0.2) is 36.5 Å². The third-order valence-electron chi connectivity index (χ3n) is 2.84. The maximum Gasteiger partial charge on any atom is 0.0932 e. The summed E-state index contributed by atoms with van der Waals surface area (Å²) < 4.78 is 0.823. The molecule has 18 heavy (non-hydrogen) atoms. The molecule has 2 N–H and O–H groups in total. The van der Waals surface area contributed by atoms with Crippen molar-refractivity contribution in [3.63, 3.8) is 0 Å². The number of aromatic nitrogens is 2. The number of thiophene rings is 1. The lowest BCUT2D eigenvalue weighted by molar-refractivity contribution is 0.909. The van der Waals surface area contributed by atoms with E-state index in [1.807, 2.05) is 24.4 Å². The molecule has 3 rings (SSSR count). The van der Waals surface area contributed by atoms with E-state index in [2.05, 4.69) is 34.6 Å². The topological polar surface area (TPSA) is 40.7 Å². The highest BCUT2D eigenvalue weighted by Gasteiger charge is 2.08. The Balaban J connectivity index is 1.83. The number of benzene rings is 1. The summed E-state index contributed by atoms with van der Waals surface area (Å²) in [6.45, 7) is 2.13. The minimum Gasteiger partial charge on any atom is -0.378 e. The fourth-order valence-corrected chi connectivity index (χ4v) is 2.98. The van der Waals surface area contributed by atoms with E-state index < -0.39 is 0 Å². The molecule has 0 saturated heterocycles. The third-order valence-corrected chi connectivity index (χ3v) is 4.26. The van der Waals surface area contributed by atoms with Crippen molar-refractivity contribution in [3.05, 3.63) is 45.7 Å². The zero-order chi connectivity index (χ0) is 12.5. The molecule has 0 aliphatic rings. The highest BCUT2D eigenvalue weighted by molar-refractivity contribution is 7.16. The quantitative estimate of drug-likeness (QED) is 0.742. The van der Waals surface area contributed by atoms with Crippen LogP contribution in [0.25, 0.3) is 10.9 Å². The lowest BCUT2D eigenvalue weighted by Gasteiger charge is -2.13. The number of aromatic amines is 1. The molecule has 5 heteroatoms. The molecule has 92 valence electrons. The molecule has 0 bridgehead atoms. The van der Waals surface area contributed by atoms with Gasteiger partial charge in [-0.1, -0.05) is 11.6 Å². The summed E-state index contributed by atoms with van der Waals surface area (Å²) in [4.78, 5) is 1.23. The zero-order valence-electron chi connectivity index (χ0n) is 9.77. The fourth-order valence-electron chi connectivity index (χ4n) is 1.91. The Morgan fingerprint density at radius 3 is 3.00 bits per heavy atom. The van der Waals surface area contributed by atoms with Crippen LogP contribution in [0.3, 0.4) is 0 Å². The van der Waals surface area contributed by atoms with Gasteiger partial charge in [-0.3, -0.25) is 5.10 Å². The summed E-state index contributed by atoms with van der Waals surface area (Å²) in [6.07, 6.45) is 1.83. The number of halogens is 1. The van der Waals surface area contributed by atoms with E-state index in [1.54, 1.807) is 11.3 Å². The van der Waals surface area contributed by atoms with Gasteiger partial charge in [-0.25, -0.2) is 0 Å². The Labute approximate surface area is 114 Å². The molecule has 0 saturated carbocycles. The molecule has 0 fully saturated rings. The second-order valence-corrected chi connectivity index (χ2v) is 5.93. The third kappa shape index (κ3) is 2.21. The van der Waals surface area contributed by atoms with Gasteiger partial charge in [0.05, 0.1) is 22.1 Å². The van der Waals surface area contributed by atoms with Crippen LogP contribution < -0.4 is 5.32 Å². The summed E-state index contributed by atoms with van der Waals surface area (Å²) in [5.74, 6) is 0. The van der Waals surface area contributed by atoms with Crippen LogP contribution >= 0.6 is 22.9 Å². The average molecular weight is 278 g/mol. The van der Waals surface area contributed by atoms with Crippen molar-refractivity contribution in [3.8, 4) is 0 Å². The van der Waals surface area contributed by atoms with Gasteiger partial charge in [-0.15, -0.1) is 11.3 Å². The maximum absolute atomic E-state index is 5.95. The number of hydrogen-bond acceptors (Lipinski definition) is 3. The van der Waals surface area contributed by atoms with Crippen molar-refractivity contribution in [2.45, 2.75) is 13.0 Å². The van der Waals surface area contributed by atoms with E-state index in [4.69, 9.17) is 11.6 Å². The molecule has 1 atom stereocenters. The average Bonchev–Trinajstić information content (AvgIpc) is 2.96. The Morgan fingerprint density at radius 1 is 1.33 bits per heavy atom. The largest absolute Gasteiger partial charge is 0.378 e. The van der Waals surface area contributed by atoms with Gasteiger partial charge in [0.25, 0.3) is 0 Å². The molecule has 2 aromatic heterocycles. The number of rotatable bonds is 3. The van der Waals surface area contributed by atoms with Crippen molar-refractivity contribution in [2.75, 3.05) is 5.32 Å². The number of nitrogens with one attached hydrogen (secondary N) is 2. The van der Waals surface area contributed by atoms with Gasteiger partial charge in [0, 0.05) is 16.0 Å². The first-order valence-electron chi connectivity index (χ1n) is 5.67. The van der Waals surface area contributed by atoms with Crippen LogP contribution in [0.5, 0.6) is 0 Å². The van der Waals surface area contributed by atoms with Crippen molar-refractivity contribution < 1.29 is 0 Å². The van der Waals surface area contributed by atoms with E-state index in [1.165, 1.54) is 4.88 Å². The normalized spacial score (nSPS) is 12.8. The Bertz CT molecular complexity index is 673. The van der Waals surface area contributed by atoms with Gasteiger partial charge in [0.2, 0.25) is 0 Å².